The molecule has 0 aromatic carbocycles. The predicted molar refractivity (Wildman–Crippen MR) is 74.2 cm³/mol. The molecule has 0 radical (unpaired) electrons. The van der Waals surface area contributed by atoms with Gasteiger partial charge in [0.1, 0.15) is 0 Å². The van der Waals surface area contributed by atoms with Crippen molar-refractivity contribution in [2.45, 2.75) is 59.0 Å². The summed E-state index contributed by atoms with van der Waals surface area (Å²) in [5, 5.41) is 0. The van der Waals surface area contributed by atoms with Crippen LogP contribution in [0.5, 0.6) is 0 Å². The van der Waals surface area contributed by atoms with Crippen LogP contribution in [0.2, 0.25) is 0 Å². The fourth-order valence-electron chi connectivity index (χ4n) is 3.52. The first-order valence-electron chi connectivity index (χ1n) is 7.54. The van der Waals surface area contributed by atoms with Crippen molar-refractivity contribution in [2.75, 3.05) is 26.2 Å². The van der Waals surface area contributed by atoms with Crippen LogP contribution in [0.1, 0.15) is 47.0 Å². The molecule has 17 heavy (non-hydrogen) atoms. The van der Waals surface area contributed by atoms with Crippen LogP contribution < -0.4 is 0 Å². The second-order valence-corrected chi connectivity index (χ2v) is 6.92. The first-order chi connectivity index (χ1) is 8.06. The van der Waals surface area contributed by atoms with Crippen LogP contribution in [-0.4, -0.2) is 48.1 Å². The zero-order valence-corrected chi connectivity index (χ0v) is 12.2. The molecule has 0 aromatic heterocycles. The van der Waals surface area contributed by atoms with Crippen LogP contribution in [0.4, 0.5) is 0 Å². The maximum absolute atomic E-state index is 2.82. The molecule has 2 unspecified atom stereocenters. The van der Waals surface area contributed by atoms with E-state index in [-0.39, 0.29) is 0 Å². The molecule has 2 nitrogen and oxygen atoms in total. The van der Waals surface area contributed by atoms with Gasteiger partial charge in [-0.05, 0) is 37.6 Å². The Bertz CT molecular complexity index is 223. The molecule has 2 atom stereocenters. The van der Waals surface area contributed by atoms with E-state index in [0.29, 0.717) is 0 Å². The van der Waals surface area contributed by atoms with Crippen molar-refractivity contribution < 1.29 is 0 Å². The maximum Gasteiger partial charge on any atom is 0.0227 e. The number of hydrogen-bond acceptors (Lipinski definition) is 2. The number of fused-ring (bicyclic) bond motifs is 2. The second-order valence-electron chi connectivity index (χ2n) is 6.92. The van der Waals surface area contributed by atoms with Gasteiger partial charge in [0, 0.05) is 31.7 Å². The Balaban J connectivity index is 1.84. The van der Waals surface area contributed by atoms with Crippen molar-refractivity contribution in [3.05, 3.63) is 0 Å². The molecule has 0 aliphatic carbocycles. The van der Waals surface area contributed by atoms with Crippen molar-refractivity contribution in [1.82, 2.24) is 9.80 Å². The molecular weight excluding hydrogens is 208 g/mol. The summed E-state index contributed by atoms with van der Waals surface area (Å²) >= 11 is 0. The molecule has 2 heteroatoms. The number of hydrogen-bond donors (Lipinski definition) is 0. The highest BCUT2D eigenvalue weighted by atomic mass is 15.3. The summed E-state index contributed by atoms with van der Waals surface area (Å²) < 4.78 is 0. The lowest BCUT2D eigenvalue weighted by molar-refractivity contribution is 0.0572. The molecule has 2 heterocycles. The number of piperazine rings is 1. The lowest BCUT2D eigenvalue weighted by atomic mass is 10.1. The van der Waals surface area contributed by atoms with Crippen LogP contribution >= 0.6 is 0 Å². The van der Waals surface area contributed by atoms with Crippen molar-refractivity contribution in [3.63, 3.8) is 0 Å². The van der Waals surface area contributed by atoms with Crippen molar-refractivity contribution >= 4 is 0 Å². The molecule has 2 rings (SSSR count). The topological polar surface area (TPSA) is 6.48 Å². The molecule has 2 bridgehead atoms. The van der Waals surface area contributed by atoms with E-state index in [2.05, 4.69) is 37.5 Å². The quantitative estimate of drug-likeness (QED) is 0.727. The smallest absolute Gasteiger partial charge is 0.0227 e. The zero-order chi connectivity index (χ0) is 12.4. The van der Waals surface area contributed by atoms with Crippen LogP contribution in [-0.2, 0) is 0 Å². The fourth-order valence-corrected chi connectivity index (χ4v) is 3.52. The van der Waals surface area contributed by atoms with Gasteiger partial charge in [-0.15, -0.1) is 0 Å². The largest absolute Gasteiger partial charge is 0.300 e. The van der Waals surface area contributed by atoms with Crippen LogP contribution in [0.15, 0.2) is 0 Å². The highest BCUT2D eigenvalue weighted by Gasteiger charge is 2.39. The van der Waals surface area contributed by atoms with Gasteiger partial charge in [-0.3, -0.25) is 9.80 Å². The Kier molecular flexibility index (Phi) is 4.48. The van der Waals surface area contributed by atoms with Crippen LogP contribution in [0.3, 0.4) is 0 Å². The van der Waals surface area contributed by atoms with E-state index in [0.717, 1.165) is 23.9 Å². The fraction of sp³-hybridized carbons (Fsp3) is 1.00. The number of rotatable bonds is 5. The standard InChI is InChI=1S/C15H30N2/c1-12(2)7-8-17-14-5-6-15(17)11-16(10-14)9-13(3)4/h12-15H,5-11H2,1-4H3. The summed E-state index contributed by atoms with van der Waals surface area (Å²) in [6, 6.07) is 1.73. The minimum absolute atomic E-state index is 0.816. The highest BCUT2D eigenvalue weighted by Crippen LogP contribution is 2.30. The Morgan fingerprint density at radius 2 is 1.53 bits per heavy atom. The third-order valence-electron chi connectivity index (χ3n) is 4.30. The molecule has 0 aromatic rings. The predicted octanol–water partition coefficient (Wildman–Crippen LogP) is 2.84. The van der Waals surface area contributed by atoms with Gasteiger partial charge in [-0.2, -0.15) is 0 Å². The van der Waals surface area contributed by atoms with Gasteiger partial charge < -0.3 is 0 Å². The monoisotopic (exact) mass is 238 g/mol. The molecule has 0 saturated carbocycles. The average Bonchev–Trinajstić information content (AvgIpc) is 2.45. The van der Waals surface area contributed by atoms with E-state index in [9.17, 15) is 0 Å². The van der Waals surface area contributed by atoms with E-state index in [1.807, 2.05) is 0 Å². The minimum Gasteiger partial charge on any atom is -0.300 e. The van der Waals surface area contributed by atoms with E-state index in [1.165, 1.54) is 45.4 Å². The van der Waals surface area contributed by atoms with Gasteiger partial charge in [0.15, 0.2) is 0 Å². The molecular formula is C15H30N2. The third-order valence-corrected chi connectivity index (χ3v) is 4.30. The Morgan fingerprint density at radius 3 is 2.00 bits per heavy atom. The zero-order valence-electron chi connectivity index (χ0n) is 12.2. The Morgan fingerprint density at radius 1 is 0.941 bits per heavy atom. The van der Waals surface area contributed by atoms with Gasteiger partial charge in [0.05, 0.1) is 0 Å². The molecule has 2 aliphatic rings. The number of nitrogens with zero attached hydrogens (tertiary/aromatic N) is 2. The summed E-state index contributed by atoms with van der Waals surface area (Å²) in [7, 11) is 0. The van der Waals surface area contributed by atoms with Crippen LogP contribution in [0, 0.1) is 11.8 Å². The SMILES string of the molecule is CC(C)CCN1C2CCC1CN(CC(C)C)C2. The molecule has 100 valence electrons. The normalized spacial score (nSPS) is 30.7. The molecule has 2 aliphatic heterocycles. The summed E-state index contributed by atoms with van der Waals surface area (Å²) in [6.07, 6.45) is 4.26. The third kappa shape index (κ3) is 3.45. The first-order valence-corrected chi connectivity index (χ1v) is 7.54. The van der Waals surface area contributed by atoms with Gasteiger partial charge in [0.25, 0.3) is 0 Å². The minimum atomic E-state index is 0.816. The summed E-state index contributed by atoms with van der Waals surface area (Å²) in [5.74, 6) is 1.67. The van der Waals surface area contributed by atoms with E-state index >= 15 is 0 Å². The van der Waals surface area contributed by atoms with Gasteiger partial charge in [-0.25, -0.2) is 0 Å². The van der Waals surface area contributed by atoms with Gasteiger partial charge in [-0.1, -0.05) is 27.7 Å². The van der Waals surface area contributed by atoms with Gasteiger partial charge in [0.2, 0.25) is 0 Å². The lowest BCUT2D eigenvalue weighted by Gasteiger charge is -2.42. The summed E-state index contributed by atoms with van der Waals surface area (Å²) in [4.78, 5) is 5.52. The Labute approximate surface area is 107 Å². The number of likely N-dealkylation sites (tertiary alicyclic amines) is 1. The van der Waals surface area contributed by atoms with E-state index in [4.69, 9.17) is 0 Å². The molecule has 0 amide bonds. The molecule has 2 fully saturated rings. The lowest BCUT2D eigenvalue weighted by Crippen LogP contribution is -2.54. The second kappa shape index (κ2) is 5.71. The van der Waals surface area contributed by atoms with Crippen molar-refractivity contribution in [2.24, 2.45) is 11.8 Å². The summed E-state index contributed by atoms with van der Waals surface area (Å²) in [6.45, 7) is 14.7. The average molecular weight is 238 g/mol. The molecule has 2 saturated heterocycles. The first kappa shape index (κ1) is 13.4. The maximum atomic E-state index is 2.82. The van der Waals surface area contributed by atoms with E-state index in [1.54, 1.807) is 0 Å². The molecule has 0 spiro atoms. The van der Waals surface area contributed by atoms with Crippen molar-refractivity contribution in [3.8, 4) is 0 Å². The molecule has 0 N–H and O–H groups in total. The van der Waals surface area contributed by atoms with Crippen LogP contribution in [0.25, 0.3) is 0 Å². The highest BCUT2D eigenvalue weighted by molar-refractivity contribution is 4.95. The van der Waals surface area contributed by atoms with E-state index < -0.39 is 0 Å². The van der Waals surface area contributed by atoms with Crippen molar-refractivity contribution in [1.29, 1.82) is 0 Å². The summed E-state index contributed by atoms with van der Waals surface area (Å²) in [5.41, 5.74) is 0. The Hall–Kier alpha value is -0.0800. The van der Waals surface area contributed by atoms with Gasteiger partial charge >= 0.3 is 0 Å².